The van der Waals surface area contributed by atoms with Gasteiger partial charge in [0.15, 0.2) is 5.88 Å². The van der Waals surface area contributed by atoms with Gasteiger partial charge < -0.3 is 14.6 Å². The minimum Gasteiger partial charge on any atom is -0.441 e. The van der Waals surface area contributed by atoms with E-state index in [0.29, 0.717) is 17.3 Å². The van der Waals surface area contributed by atoms with Crippen LogP contribution in [-0.4, -0.2) is 20.0 Å². The second-order valence-electron chi connectivity index (χ2n) is 4.56. The number of benzene rings is 1. The third kappa shape index (κ3) is 3.74. The summed E-state index contributed by atoms with van der Waals surface area (Å²) in [5.74, 6) is 0.645. The Morgan fingerprint density at radius 3 is 2.52 bits per heavy atom. The standard InChI is InChI=1S/C16H15N3O2/c1-19(2)15-9-8-14(21-15)10-12(11-17)16(20)18-13-6-4-3-5-7-13/h3-10H,1-2H3,(H,18,20)/b12-10-. The first-order chi connectivity index (χ1) is 10.1. The highest BCUT2D eigenvalue weighted by Crippen LogP contribution is 2.18. The lowest BCUT2D eigenvalue weighted by atomic mass is 10.2. The van der Waals surface area contributed by atoms with Gasteiger partial charge in [0, 0.05) is 31.9 Å². The molecule has 5 nitrogen and oxygen atoms in total. The van der Waals surface area contributed by atoms with E-state index in [2.05, 4.69) is 5.32 Å². The number of nitrogens with zero attached hydrogens (tertiary/aromatic N) is 2. The smallest absolute Gasteiger partial charge is 0.266 e. The molecule has 1 amide bonds. The van der Waals surface area contributed by atoms with Crippen LogP contribution in [0.4, 0.5) is 11.6 Å². The predicted octanol–water partition coefficient (Wildman–Crippen LogP) is 2.89. The molecule has 2 aromatic rings. The summed E-state index contributed by atoms with van der Waals surface area (Å²) in [7, 11) is 3.69. The first-order valence-electron chi connectivity index (χ1n) is 6.35. The van der Waals surface area contributed by atoms with Crippen molar-refractivity contribution in [1.82, 2.24) is 0 Å². The minimum absolute atomic E-state index is 0.0153. The van der Waals surface area contributed by atoms with Gasteiger partial charge in [0.2, 0.25) is 0 Å². The molecule has 5 heteroatoms. The van der Waals surface area contributed by atoms with Gasteiger partial charge in [-0.15, -0.1) is 0 Å². The van der Waals surface area contributed by atoms with Crippen LogP contribution < -0.4 is 10.2 Å². The van der Waals surface area contributed by atoms with Crippen molar-refractivity contribution in [2.75, 3.05) is 24.3 Å². The zero-order valence-corrected chi connectivity index (χ0v) is 11.8. The molecular formula is C16H15N3O2. The predicted molar refractivity (Wildman–Crippen MR) is 81.7 cm³/mol. The molecule has 1 heterocycles. The molecule has 0 radical (unpaired) electrons. The molecule has 1 aromatic carbocycles. The van der Waals surface area contributed by atoms with Crippen LogP contribution in [0.3, 0.4) is 0 Å². The van der Waals surface area contributed by atoms with Gasteiger partial charge in [0.05, 0.1) is 0 Å². The highest BCUT2D eigenvalue weighted by Gasteiger charge is 2.11. The van der Waals surface area contributed by atoms with E-state index in [1.807, 2.05) is 26.2 Å². The number of furan rings is 1. The molecule has 0 aliphatic carbocycles. The Labute approximate surface area is 123 Å². The summed E-state index contributed by atoms with van der Waals surface area (Å²) < 4.78 is 5.50. The molecule has 0 unspecified atom stereocenters. The first kappa shape index (κ1) is 14.4. The summed E-state index contributed by atoms with van der Waals surface area (Å²) in [6.07, 6.45) is 1.42. The second kappa shape index (κ2) is 6.44. The Bertz CT molecular complexity index is 694. The lowest BCUT2D eigenvalue weighted by Gasteiger charge is -2.06. The molecule has 0 saturated carbocycles. The molecule has 106 valence electrons. The fourth-order valence-corrected chi connectivity index (χ4v) is 1.67. The van der Waals surface area contributed by atoms with E-state index in [9.17, 15) is 4.79 Å². The molecule has 2 rings (SSSR count). The number of para-hydroxylation sites is 1. The molecular weight excluding hydrogens is 266 g/mol. The summed E-state index contributed by atoms with van der Waals surface area (Å²) in [5.41, 5.74) is 0.621. The van der Waals surface area contributed by atoms with E-state index >= 15 is 0 Å². The van der Waals surface area contributed by atoms with Gasteiger partial charge >= 0.3 is 0 Å². The Kier molecular flexibility index (Phi) is 4.42. The van der Waals surface area contributed by atoms with Crippen LogP contribution in [0.15, 0.2) is 52.5 Å². The quantitative estimate of drug-likeness (QED) is 0.691. The van der Waals surface area contributed by atoms with Gasteiger partial charge in [-0.05, 0) is 18.2 Å². The summed E-state index contributed by atoms with van der Waals surface area (Å²) in [6.45, 7) is 0. The number of anilines is 2. The van der Waals surface area contributed by atoms with Crippen LogP contribution in [0.2, 0.25) is 0 Å². The fraction of sp³-hybridized carbons (Fsp3) is 0.125. The van der Waals surface area contributed by atoms with Gasteiger partial charge in [-0.2, -0.15) is 5.26 Å². The fourth-order valence-electron chi connectivity index (χ4n) is 1.67. The molecule has 0 saturated heterocycles. The largest absolute Gasteiger partial charge is 0.441 e. The van der Waals surface area contributed by atoms with Crippen molar-refractivity contribution in [2.45, 2.75) is 0 Å². The van der Waals surface area contributed by atoms with Gasteiger partial charge in [0.1, 0.15) is 17.4 Å². The summed E-state index contributed by atoms with van der Waals surface area (Å²) in [5, 5.41) is 11.8. The number of rotatable bonds is 4. The summed E-state index contributed by atoms with van der Waals surface area (Å²) in [6, 6.07) is 14.3. The minimum atomic E-state index is -0.466. The average Bonchev–Trinajstić information content (AvgIpc) is 2.94. The zero-order chi connectivity index (χ0) is 15.2. The molecule has 0 atom stereocenters. The normalized spacial score (nSPS) is 10.8. The van der Waals surface area contributed by atoms with E-state index in [4.69, 9.17) is 9.68 Å². The van der Waals surface area contributed by atoms with Crippen LogP contribution in [0.5, 0.6) is 0 Å². The lowest BCUT2D eigenvalue weighted by molar-refractivity contribution is -0.112. The number of nitriles is 1. The maximum Gasteiger partial charge on any atom is 0.266 e. The number of nitrogens with one attached hydrogen (secondary N) is 1. The van der Waals surface area contributed by atoms with Crippen LogP contribution in [0, 0.1) is 11.3 Å². The van der Waals surface area contributed by atoms with Gasteiger partial charge in [-0.3, -0.25) is 4.79 Å². The van der Waals surface area contributed by atoms with Crippen LogP contribution in [0.25, 0.3) is 6.08 Å². The van der Waals surface area contributed by atoms with Gasteiger partial charge in [0.25, 0.3) is 5.91 Å². The van der Waals surface area contributed by atoms with E-state index in [-0.39, 0.29) is 5.57 Å². The number of carbonyl (C=O) groups excluding carboxylic acids is 1. The van der Waals surface area contributed by atoms with Crippen molar-refractivity contribution in [2.24, 2.45) is 0 Å². The van der Waals surface area contributed by atoms with Crippen molar-refractivity contribution in [3.8, 4) is 6.07 Å². The van der Waals surface area contributed by atoms with Crippen LogP contribution in [-0.2, 0) is 4.79 Å². The highest BCUT2D eigenvalue weighted by molar-refractivity contribution is 6.09. The Morgan fingerprint density at radius 1 is 1.24 bits per heavy atom. The lowest BCUT2D eigenvalue weighted by Crippen LogP contribution is -2.13. The number of carbonyl (C=O) groups is 1. The maximum absolute atomic E-state index is 12.0. The van der Waals surface area contributed by atoms with E-state index in [1.165, 1.54) is 6.08 Å². The molecule has 0 aliphatic rings. The van der Waals surface area contributed by atoms with Gasteiger partial charge in [-0.1, -0.05) is 18.2 Å². The topological polar surface area (TPSA) is 69.3 Å². The molecule has 21 heavy (non-hydrogen) atoms. The van der Waals surface area contributed by atoms with Gasteiger partial charge in [-0.25, -0.2) is 0 Å². The van der Waals surface area contributed by atoms with E-state index in [0.717, 1.165) is 0 Å². The molecule has 0 aliphatic heterocycles. The first-order valence-corrected chi connectivity index (χ1v) is 6.35. The monoisotopic (exact) mass is 281 g/mol. The highest BCUT2D eigenvalue weighted by atomic mass is 16.4. The molecule has 0 spiro atoms. The third-order valence-corrected chi connectivity index (χ3v) is 2.74. The second-order valence-corrected chi connectivity index (χ2v) is 4.56. The zero-order valence-electron chi connectivity index (χ0n) is 11.8. The van der Waals surface area contributed by atoms with Crippen LogP contribution in [0.1, 0.15) is 5.76 Å². The average molecular weight is 281 g/mol. The van der Waals surface area contributed by atoms with E-state index < -0.39 is 5.91 Å². The van der Waals surface area contributed by atoms with Crippen LogP contribution >= 0.6 is 0 Å². The molecule has 0 fully saturated rings. The molecule has 0 bridgehead atoms. The molecule has 1 N–H and O–H groups in total. The summed E-state index contributed by atoms with van der Waals surface area (Å²) in [4.78, 5) is 13.8. The van der Waals surface area contributed by atoms with Crippen molar-refractivity contribution in [3.63, 3.8) is 0 Å². The van der Waals surface area contributed by atoms with Crippen molar-refractivity contribution >= 4 is 23.6 Å². The van der Waals surface area contributed by atoms with Crippen molar-refractivity contribution in [3.05, 3.63) is 53.8 Å². The number of hydrogen-bond donors (Lipinski definition) is 1. The van der Waals surface area contributed by atoms with Crippen molar-refractivity contribution < 1.29 is 9.21 Å². The van der Waals surface area contributed by atoms with Crippen molar-refractivity contribution in [1.29, 1.82) is 5.26 Å². The third-order valence-electron chi connectivity index (χ3n) is 2.74. The number of amides is 1. The van der Waals surface area contributed by atoms with E-state index in [1.54, 1.807) is 41.3 Å². The maximum atomic E-state index is 12.0. The molecule has 1 aromatic heterocycles. The Morgan fingerprint density at radius 2 is 1.95 bits per heavy atom. The summed E-state index contributed by atoms with van der Waals surface area (Å²) >= 11 is 0. The number of hydrogen-bond acceptors (Lipinski definition) is 4. The Hall–Kier alpha value is -3.00. The SMILES string of the molecule is CN(C)c1ccc(/C=C(/C#N)C(=O)Nc2ccccc2)o1. The Balaban J connectivity index is 2.16.